The molecule has 0 saturated carbocycles. The van der Waals surface area contributed by atoms with E-state index in [1.807, 2.05) is 0 Å². The predicted molar refractivity (Wildman–Crippen MR) is 172 cm³/mol. The number of carbonyl (C=O) groups excluding carboxylic acids is 1. The topological polar surface area (TPSA) is 63.6 Å². The van der Waals surface area contributed by atoms with Gasteiger partial charge in [0.2, 0.25) is 0 Å². The minimum atomic E-state index is -0.743. The molecule has 0 aliphatic carbocycles. The Balaban J connectivity index is 3.91. The molecule has 0 heterocycles. The summed E-state index contributed by atoms with van der Waals surface area (Å²) in [6.07, 6.45) is 37.9. The first-order valence-electron chi connectivity index (χ1n) is 17.7. The number of aliphatic carboxylic acids is 1. The predicted octanol–water partition coefficient (Wildman–Crippen LogP) is 11.9. The van der Waals surface area contributed by atoms with Crippen LogP contribution in [-0.2, 0) is 14.3 Å². The summed E-state index contributed by atoms with van der Waals surface area (Å²) in [5.41, 5.74) is 0. The molecule has 4 heteroatoms. The molecule has 4 nitrogen and oxygen atoms in total. The SMILES string of the molecule is CCCC/C=C\CCCCCCCC(=O)OC(CCCCCCCCCCCCCCCC)CCCCC(=O)O. The molecule has 0 bridgehead atoms. The average molecular weight is 565 g/mol. The van der Waals surface area contributed by atoms with Gasteiger partial charge in [-0.15, -0.1) is 0 Å². The van der Waals surface area contributed by atoms with Crippen LogP contribution in [0.15, 0.2) is 12.2 Å². The van der Waals surface area contributed by atoms with Crippen molar-refractivity contribution in [2.75, 3.05) is 0 Å². The van der Waals surface area contributed by atoms with Gasteiger partial charge in [-0.1, -0.05) is 142 Å². The molecule has 0 spiro atoms. The number of esters is 1. The van der Waals surface area contributed by atoms with Crippen LogP contribution < -0.4 is 0 Å². The standard InChI is InChI=1S/C36H68O4/c1-3-5-7-9-11-13-15-16-17-19-20-22-24-26-30-34(31-28-29-32-35(37)38)40-36(39)33-27-25-23-21-18-14-12-10-8-6-4-2/h10,12,34H,3-9,11,13-33H2,1-2H3,(H,37,38)/b12-10-. The summed E-state index contributed by atoms with van der Waals surface area (Å²) in [5, 5.41) is 8.91. The van der Waals surface area contributed by atoms with Crippen LogP contribution in [0.2, 0.25) is 0 Å². The Morgan fingerprint density at radius 1 is 0.525 bits per heavy atom. The van der Waals surface area contributed by atoms with Crippen molar-refractivity contribution < 1.29 is 19.4 Å². The van der Waals surface area contributed by atoms with Crippen molar-refractivity contribution in [2.24, 2.45) is 0 Å². The number of hydrogen-bond acceptors (Lipinski definition) is 3. The van der Waals surface area contributed by atoms with Crippen LogP contribution in [0, 0.1) is 0 Å². The lowest BCUT2D eigenvalue weighted by Gasteiger charge is -2.18. The van der Waals surface area contributed by atoms with Gasteiger partial charge in [0.05, 0.1) is 0 Å². The third kappa shape index (κ3) is 31.2. The van der Waals surface area contributed by atoms with Crippen LogP contribution in [0.5, 0.6) is 0 Å². The first-order chi connectivity index (χ1) is 19.6. The molecular weight excluding hydrogens is 496 g/mol. The van der Waals surface area contributed by atoms with E-state index >= 15 is 0 Å². The van der Waals surface area contributed by atoms with Crippen LogP contribution in [0.4, 0.5) is 0 Å². The van der Waals surface area contributed by atoms with E-state index in [4.69, 9.17) is 9.84 Å². The molecule has 0 aromatic heterocycles. The Labute approximate surface area is 249 Å². The fourth-order valence-corrected chi connectivity index (χ4v) is 5.34. The molecule has 0 saturated heterocycles. The van der Waals surface area contributed by atoms with E-state index in [1.165, 1.54) is 128 Å². The Morgan fingerprint density at radius 2 is 0.925 bits per heavy atom. The zero-order chi connectivity index (χ0) is 29.4. The third-order valence-electron chi connectivity index (χ3n) is 7.99. The van der Waals surface area contributed by atoms with Crippen molar-refractivity contribution in [1.82, 2.24) is 0 Å². The van der Waals surface area contributed by atoms with Gasteiger partial charge < -0.3 is 9.84 Å². The number of carboxylic acids is 1. The lowest BCUT2D eigenvalue weighted by molar-refractivity contribution is -0.150. The Morgan fingerprint density at radius 3 is 1.45 bits per heavy atom. The van der Waals surface area contributed by atoms with Crippen LogP contribution in [0.1, 0.15) is 200 Å². The highest BCUT2D eigenvalue weighted by Crippen LogP contribution is 2.18. The van der Waals surface area contributed by atoms with Gasteiger partial charge in [0.25, 0.3) is 0 Å². The number of unbranched alkanes of at least 4 members (excludes halogenated alkanes) is 21. The summed E-state index contributed by atoms with van der Waals surface area (Å²) in [6, 6.07) is 0. The van der Waals surface area contributed by atoms with Gasteiger partial charge in [-0.05, 0) is 57.8 Å². The zero-order valence-electron chi connectivity index (χ0n) is 26.9. The molecule has 0 aliphatic rings. The highest BCUT2D eigenvalue weighted by atomic mass is 16.5. The molecule has 0 aromatic carbocycles. The molecule has 40 heavy (non-hydrogen) atoms. The molecule has 236 valence electrons. The smallest absolute Gasteiger partial charge is 0.306 e. The maximum Gasteiger partial charge on any atom is 0.306 e. The lowest BCUT2D eigenvalue weighted by Crippen LogP contribution is -2.18. The van der Waals surface area contributed by atoms with Gasteiger partial charge in [-0.2, -0.15) is 0 Å². The highest BCUT2D eigenvalue weighted by molar-refractivity contribution is 5.69. The Kier molecular flexibility index (Phi) is 31.1. The monoisotopic (exact) mass is 565 g/mol. The summed E-state index contributed by atoms with van der Waals surface area (Å²) in [5.74, 6) is -0.805. The van der Waals surface area contributed by atoms with Gasteiger partial charge in [-0.3, -0.25) is 9.59 Å². The maximum atomic E-state index is 12.5. The average Bonchev–Trinajstić information content (AvgIpc) is 2.93. The van der Waals surface area contributed by atoms with Gasteiger partial charge in [0.15, 0.2) is 0 Å². The van der Waals surface area contributed by atoms with E-state index in [-0.39, 0.29) is 18.5 Å². The van der Waals surface area contributed by atoms with Gasteiger partial charge >= 0.3 is 11.9 Å². The van der Waals surface area contributed by atoms with E-state index in [0.717, 1.165) is 38.5 Å². The zero-order valence-corrected chi connectivity index (χ0v) is 26.9. The molecule has 0 aliphatic heterocycles. The number of allylic oxidation sites excluding steroid dienone is 2. The van der Waals surface area contributed by atoms with Gasteiger partial charge in [0, 0.05) is 12.8 Å². The fourth-order valence-electron chi connectivity index (χ4n) is 5.34. The summed E-state index contributed by atoms with van der Waals surface area (Å²) in [6.45, 7) is 4.51. The van der Waals surface area contributed by atoms with Crippen LogP contribution in [0.25, 0.3) is 0 Å². The van der Waals surface area contributed by atoms with E-state index < -0.39 is 5.97 Å². The quantitative estimate of drug-likeness (QED) is 0.0501. The fraction of sp³-hybridized carbons (Fsp3) is 0.889. The number of ether oxygens (including phenoxy) is 1. The number of carbonyl (C=O) groups is 2. The molecule has 0 radical (unpaired) electrons. The van der Waals surface area contributed by atoms with E-state index in [9.17, 15) is 9.59 Å². The van der Waals surface area contributed by atoms with Crippen molar-refractivity contribution in [2.45, 2.75) is 206 Å². The van der Waals surface area contributed by atoms with Crippen molar-refractivity contribution in [3.63, 3.8) is 0 Å². The van der Waals surface area contributed by atoms with Gasteiger partial charge in [-0.25, -0.2) is 0 Å². The molecular formula is C36H68O4. The van der Waals surface area contributed by atoms with Crippen molar-refractivity contribution in [1.29, 1.82) is 0 Å². The minimum absolute atomic E-state index is 0.0434. The first kappa shape index (κ1) is 38.7. The number of carboxylic acid groups (broad SMARTS) is 1. The summed E-state index contributed by atoms with van der Waals surface area (Å²) >= 11 is 0. The van der Waals surface area contributed by atoms with E-state index in [1.54, 1.807) is 0 Å². The lowest BCUT2D eigenvalue weighted by atomic mass is 10.0. The minimum Gasteiger partial charge on any atom is -0.481 e. The Bertz CT molecular complexity index is 571. The summed E-state index contributed by atoms with van der Waals surface area (Å²) in [7, 11) is 0. The Hall–Kier alpha value is -1.32. The maximum absolute atomic E-state index is 12.5. The number of hydrogen-bond donors (Lipinski definition) is 1. The number of rotatable bonds is 32. The third-order valence-corrected chi connectivity index (χ3v) is 7.99. The first-order valence-corrected chi connectivity index (χ1v) is 17.7. The highest BCUT2D eigenvalue weighted by Gasteiger charge is 2.14. The summed E-state index contributed by atoms with van der Waals surface area (Å²) < 4.78 is 5.87. The molecule has 1 N–H and O–H groups in total. The molecule has 0 rings (SSSR count). The molecule has 0 aromatic rings. The van der Waals surface area contributed by atoms with E-state index in [0.29, 0.717) is 12.8 Å². The molecule has 0 fully saturated rings. The van der Waals surface area contributed by atoms with Crippen LogP contribution in [-0.4, -0.2) is 23.1 Å². The second-order valence-electron chi connectivity index (χ2n) is 12.1. The van der Waals surface area contributed by atoms with Crippen molar-refractivity contribution in [3.05, 3.63) is 12.2 Å². The largest absolute Gasteiger partial charge is 0.481 e. The van der Waals surface area contributed by atoms with Crippen molar-refractivity contribution >= 4 is 11.9 Å². The second kappa shape index (κ2) is 32.2. The molecule has 1 atom stereocenters. The summed E-state index contributed by atoms with van der Waals surface area (Å²) in [4.78, 5) is 23.3. The van der Waals surface area contributed by atoms with Crippen LogP contribution >= 0.6 is 0 Å². The van der Waals surface area contributed by atoms with Gasteiger partial charge in [0.1, 0.15) is 6.10 Å². The molecule has 0 amide bonds. The molecule has 1 unspecified atom stereocenters. The second-order valence-corrected chi connectivity index (χ2v) is 12.1. The normalized spacial score (nSPS) is 12.2. The van der Waals surface area contributed by atoms with E-state index in [2.05, 4.69) is 26.0 Å². The van der Waals surface area contributed by atoms with Crippen LogP contribution in [0.3, 0.4) is 0 Å². The van der Waals surface area contributed by atoms with Crippen molar-refractivity contribution in [3.8, 4) is 0 Å².